The number of pyridine rings is 2. The van der Waals surface area contributed by atoms with Crippen LogP contribution in [0, 0.1) is 11.8 Å². The molecule has 1 N–H and O–H groups in total. The van der Waals surface area contributed by atoms with Gasteiger partial charge in [-0.1, -0.05) is 60.7 Å². The molecule has 2 bridgehead atoms. The Hall–Kier alpha value is -3.60. The predicted octanol–water partition coefficient (Wildman–Crippen LogP) is 6.58. The van der Waals surface area contributed by atoms with Crippen LogP contribution >= 0.6 is 0 Å². The molecule has 4 nitrogen and oxygen atoms in total. The molecule has 5 aromatic rings. The van der Waals surface area contributed by atoms with E-state index >= 15 is 0 Å². The van der Waals surface area contributed by atoms with Crippen molar-refractivity contribution in [2.24, 2.45) is 11.8 Å². The van der Waals surface area contributed by atoms with E-state index in [4.69, 9.17) is 4.98 Å². The Morgan fingerprint density at radius 1 is 0.892 bits per heavy atom. The van der Waals surface area contributed by atoms with Crippen molar-refractivity contribution >= 4 is 32.7 Å². The van der Waals surface area contributed by atoms with E-state index in [1.807, 2.05) is 30.5 Å². The number of aromatic nitrogens is 2. The number of hydrogen-bond acceptors (Lipinski definition) is 3. The highest BCUT2D eigenvalue weighted by molar-refractivity contribution is 5.97. The fraction of sp³-hybridized carbons (Fsp3) is 0.273. The Morgan fingerprint density at radius 2 is 1.54 bits per heavy atom. The van der Waals surface area contributed by atoms with E-state index in [-0.39, 0.29) is 6.04 Å². The van der Waals surface area contributed by atoms with E-state index in [0.29, 0.717) is 11.8 Å². The average Bonchev–Trinajstić information content (AvgIpc) is 2.96. The zero-order chi connectivity index (χ0) is 25.0. The van der Waals surface area contributed by atoms with Crippen molar-refractivity contribution in [1.29, 1.82) is 0 Å². The molecule has 3 unspecified atom stereocenters. The molecular weight excluding hydrogens is 454 g/mol. The Bertz CT molecular complexity index is 1590. The van der Waals surface area contributed by atoms with Gasteiger partial charge in [0.15, 0.2) is 0 Å². The van der Waals surface area contributed by atoms with Crippen LogP contribution in [0.25, 0.3) is 32.7 Å². The second-order valence-electron chi connectivity index (χ2n) is 11.0. The number of nitrogens with zero attached hydrogens (tertiary/aromatic N) is 3. The SMILES string of the molecule is C=CC1C[N+]2(Cc3c4ccccc4nc4ccccc34)CCC1C[C@H]2[C@H](O)c1ccnc2ccccc12. The summed E-state index contributed by atoms with van der Waals surface area (Å²) in [7, 11) is 0. The van der Waals surface area contributed by atoms with Gasteiger partial charge in [-0.15, -0.1) is 6.58 Å². The van der Waals surface area contributed by atoms with Gasteiger partial charge < -0.3 is 9.59 Å². The van der Waals surface area contributed by atoms with Crippen molar-refractivity contribution in [1.82, 2.24) is 9.97 Å². The number of benzene rings is 3. The molecule has 4 heteroatoms. The van der Waals surface area contributed by atoms with E-state index < -0.39 is 6.10 Å². The second-order valence-corrected chi connectivity index (χ2v) is 11.0. The molecule has 5 heterocycles. The maximum atomic E-state index is 12.1. The molecule has 184 valence electrons. The normalized spacial score (nSPS) is 26.0. The first-order valence-corrected chi connectivity index (χ1v) is 13.4. The molecule has 0 spiro atoms. The third-order valence-corrected chi connectivity index (χ3v) is 9.21. The van der Waals surface area contributed by atoms with Crippen molar-refractivity contribution in [3.8, 4) is 0 Å². The summed E-state index contributed by atoms with van der Waals surface area (Å²) in [5.41, 5.74) is 5.37. The van der Waals surface area contributed by atoms with Crippen molar-refractivity contribution in [2.75, 3.05) is 13.1 Å². The van der Waals surface area contributed by atoms with Crippen LogP contribution in [-0.4, -0.2) is 38.7 Å². The zero-order valence-electron chi connectivity index (χ0n) is 21.0. The highest BCUT2D eigenvalue weighted by atomic mass is 16.3. The summed E-state index contributed by atoms with van der Waals surface area (Å²) in [5, 5.41) is 15.6. The summed E-state index contributed by atoms with van der Waals surface area (Å²) in [4.78, 5) is 9.54. The number of fused-ring (bicyclic) bond motifs is 6. The summed E-state index contributed by atoms with van der Waals surface area (Å²) in [6.45, 7) is 7.19. The molecule has 3 aliphatic heterocycles. The van der Waals surface area contributed by atoms with Gasteiger partial charge in [0.1, 0.15) is 18.7 Å². The fourth-order valence-corrected chi connectivity index (χ4v) is 7.38. The number of rotatable bonds is 5. The van der Waals surface area contributed by atoms with Crippen LogP contribution in [0.5, 0.6) is 0 Å². The van der Waals surface area contributed by atoms with E-state index in [0.717, 1.165) is 58.0 Å². The molecule has 5 atom stereocenters. The fourth-order valence-electron chi connectivity index (χ4n) is 7.38. The van der Waals surface area contributed by atoms with Gasteiger partial charge in [-0.3, -0.25) is 4.98 Å². The van der Waals surface area contributed by atoms with Crippen molar-refractivity contribution in [3.63, 3.8) is 0 Å². The first-order chi connectivity index (χ1) is 18.2. The van der Waals surface area contributed by atoms with Gasteiger partial charge in [0.25, 0.3) is 0 Å². The average molecular weight is 487 g/mol. The van der Waals surface area contributed by atoms with E-state index in [9.17, 15) is 5.11 Å². The van der Waals surface area contributed by atoms with Gasteiger partial charge in [0.2, 0.25) is 0 Å². The van der Waals surface area contributed by atoms with Gasteiger partial charge in [0.05, 0.1) is 29.6 Å². The van der Waals surface area contributed by atoms with Crippen LogP contribution in [0.15, 0.2) is 97.7 Å². The topological polar surface area (TPSA) is 46.0 Å². The highest BCUT2D eigenvalue weighted by Crippen LogP contribution is 2.48. The molecule has 3 saturated heterocycles. The summed E-state index contributed by atoms with van der Waals surface area (Å²) in [5.74, 6) is 1.06. The molecule has 3 fully saturated rings. The quantitative estimate of drug-likeness (QED) is 0.173. The Balaban J connectivity index is 1.39. The summed E-state index contributed by atoms with van der Waals surface area (Å²) in [6, 6.07) is 27.4. The smallest absolute Gasteiger partial charge is 0.131 e. The van der Waals surface area contributed by atoms with Crippen LogP contribution in [0.3, 0.4) is 0 Å². The van der Waals surface area contributed by atoms with E-state index in [2.05, 4.69) is 72.2 Å². The lowest BCUT2D eigenvalue weighted by Gasteiger charge is -2.58. The highest BCUT2D eigenvalue weighted by Gasteiger charge is 2.54. The van der Waals surface area contributed by atoms with Crippen LogP contribution in [0.4, 0.5) is 0 Å². The maximum absolute atomic E-state index is 12.1. The van der Waals surface area contributed by atoms with Gasteiger partial charge in [0, 0.05) is 46.7 Å². The van der Waals surface area contributed by atoms with E-state index in [1.54, 1.807) is 0 Å². The molecular formula is C33H32N3O+. The molecule has 37 heavy (non-hydrogen) atoms. The summed E-state index contributed by atoms with van der Waals surface area (Å²) < 4.78 is 0.878. The Labute approximate surface area is 217 Å². The van der Waals surface area contributed by atoms with Crippen molar-refractivity contribution in [3.05, 3.63) is 109 Å². The minimum atomic E-state index is -0.555. The van der Waals surface area contributed by atoms with Crippen molar-refractivity contribution < 1.29 is 9.59 Å². The molecule has 3 aliphatic rings. The Morgan fingerprint density at radius 3 is 2.24 bits per heavy atom. The summed E-state index contributed by atoms with van der Waals surface area (Å²) >= 11 is 0. The van der Waals surface area contributed by atoms with Gasteiger partial charge in [-0.25, -0.2) is 4.98 Å². The predicted molar refractivity (Wildman–Crippen MR) is 150 cm³/mol. The molecule has 8 rings (SSSR count). The lowest BCUT2D eigenvalue weighted by atomic mass is 9.71. The number of quaternary nitrogens is 1. The zero-order valence-corrected chi connectivity index (χ0v) is 21.0. The lowest BCUT2D eigenvalue weighted by Crippen LogP contribution is -2.67. The standard InChI is InChI=1S/C33H32N3O/c1-2-22-20-36(21-28-25-10-4-7-13-30(25)35-31-14-8-5-11-26(28)31)18-16-23(22)19-32(36)33(37)27-15-17-34-29-12-6-3-9-24(27)29/h2-15,17,22-23,32-33,37H,1,16,18-21H2/q+1/t22?,23?,32-,33+,36?/m0/s1. The van der Waals surface area contributed by atoms with Gasteiger partial charge >= 0.3 is 0 Å². The van der Waals surface area contributed by atoms with Gasteiger partial charge in [-0.05, 0) is 35.7 Å². The molecule has 3 aromatic carbocycles. The third-order valence-electron chi connectivity index (χ3n) is 9.21. The lowest BCUT2D eigenvalue weighted by molar-refractivity contribution is -0.984. The first kappa shape index (κ1) is 22.6. The number of para-hydroxylation sites is 3. The van der Waals surface area contributed by atoms with Crippen LogP contribution < -0.4 is 0 Å². The minimum absolute atomic E-state index is 0.117. The number of aliphatic hydroxyl groups is 1. The van der Waals surface area contributed by atoms with Gasteiger partial charge in [-0.2, -0.15) is 0 Å². The number of piperidine rings is 3. The summed E-state index contributed by atoms with van der Waals surface area (Å²) in [6.07, 6.45) is 5.65. The maximum Gasteiger partial charge on any atom is 0.131 e. The second kappa shape index (κ2) is 8.76. The molecule has 0 radical (unpaired) electrons. The first-order valence-electron chi connectivity index (χ1n) is 13.4. The molecule has 2 aromatic heterocycles. The van der Waals surface area contributed by atoms with Crippen LogP contribution in [-0.2, 0) is 6.54 Å². The minimum Gasteiger partial charge on any atom is -0.382 e. The van der Waals surface area contributed by atoms with E-state index in [1.165, 1.54) is 22.8 Å². The molecule has 0 aliphatic carbocycles. The number of hydrogen-bond donors (Lipinski definition) is 1. The molecule has 0 saturated carbocycles. The third kappa shape index (κ3) is 3.58. The largest absolute Gasteiger partial charge is 0.382 e. The van der Waals surface area contributed by atoms with Crippen LogP contribution in [0.2, 0.25) is 0 Å². The van der Waals surface area contributed by atoms with Crippen molar-refractivity contribution in [2.45, 2.75) is 31.5 Å². The molecule has 0 amide bonds. The Kier molecular flexibility index (Phi) is 5.35. The van der Waals surface area contributed by atoms with Crippen LogP contribution in [0.1, 0.15) is 30.1 Å². The number of aliphatic hydroxyl groups excluding tert-OH is 1. The monoisotopic (exact) mass is 486 g/mol.